The van der Waals surface area contributed by atoms with Gasteiger partial charge in [-0.1, -0.05) is 12.1 Å². The molecule has 0 saturated heterocycles. The lowest BCUT2D eigenvalue weighted by atomic mass is 10.1. The largest absolute Gasteiger partial charge is 0.508 e. The van der Waals surface area contributed by atoms with Crippen LogP contribution in [0.4, 0.5) is 5.69 Å². The number of aromatic hydroxyl groups is 2. The van der Waals surface area contributed by atoms with Crippen molar-refractivity contribution in [3.63, 3.8) is 0 Å². The number of fused-ring (bicyclic) bond motifs is 1. The first-order valence-corrected chi connectivity index (χ1v) is 6.94. The normalized spacial score (nSPS) is 17.0. The van der Waals surface area contributed by atoms with Gasteiger partial charge in [0.05, 0.1) is 6.04 Å². The second-order valence-corrected chi connectivity index (χ2v) is 5.52. The zero-order valence-electron chi connectivity index (χ0n) is 11.8. The van der Waals surface area contributed by atoms with E-state index in [1.165, 1.54) is 11.1 Å². The molecule has 1 aliphatic carbocycles. The summed E-state index contributed by atoms with van der Waals surface area (Å²) in [6.07, 6.45) is 1.98. The fourth-order valence-corrected chi connectivity index (χ4v) is 2.93. The van der Waals surface area contributed by atoms with Crippen molar-refractivity contribution in [2.45, 2.75) is 32.7 Å². The minimum Gasteiger partial charge on any atom is -0.508 e. The monoisotopic (exact) mass is 269 g/mol. The molecule has 3 nitrogen and oxygen atoms in total. The SMILES string of the molecule is Cc1ccc(NC2CCc3cc(O)ccc32)c(C)c1O. The Morgan fingerprint density at radius 1 is 1.10 bits per heavy atom. The Morgan fingerprint density at radius 2 is 1.90 bits per heavy atom. The molecule has 0 heterocycles. The number of benzene rings is 2. The Kier molecular flexibility index (Phi) is 3.05. The first-order chi connectivity index (χ1) is 9.56. The number of aryl methyl sites for hydroxylation is 2. The van der Waals surface area contributed by atoms with E-state index in [9.17, 15) is 10.2 Å². The fourth-order valence-electron chi connectivity index (χ4n) is 2.93. The summed E-state index contributed by atoms with van der Waals surface area (Å²) in [6.45, 7) is 3.83. The number of anilines is 1. The molecular formula is C17H19NO2. The number of phenols is 2. The molecule has 0 radical (unpaired) electrons. The van der Waals surface area contributed by atoms with E-state index in [4.69, 9.17) is 0 Å². The Morgan fingerprint density at radius 3 is 2.70 bits per heavy atom. The van der Waals surface area contributed by atoms with Gasteiger partial charge in [0.2, 0.25) is 0 Å². The molecule has 2 aromatic carbocycles. The van der Waals surface area contributed by atoms with Crippen molar-refractivity contribution < 1.29 is 10.2 Å². The highest BCUT2D eigenvalue weighted by atomic mass is 16.3. The van der Waals surface area contributed by atoms with Crippen LogP contribution in [0.5, 0.6) is 11.5 Å². The van der Waals surface area contributed by atoms with Gasteiger partial charge in [-0.3, -0.25) is 0 Å². The van der Waals surface area contributed by atoms with Crippen LogP contribution in [0.25, 0.3) is 0 Å². The van der Waals surface area contributed by atoms with Crippen LogP contribution in [0.3, 0.4) is 0 Å². The number of hydrogen-bond donors (Lipinski definition) is 3. The summed E-state index contributed by atoms with van der Waals surface area (Å²) in [5, 5.41) is 23.1. The molecule has 0 spiro atoms. The van der Waals surface area contributed by atoms with Crippen LogP contribution in [0.2, 0.25) is 0 Å². The quantitative estimate of drug-likeness (QED) is 0.777. The van der Waals surface area contributed by atoms with Crippen molar-refractivity contribution in [3.8, 4) is 11.5 Å². The molecule has 3 rings (SSSR count). The molecule has 2 aromatic rings. The summed E-state index contributed by atoms with van der Waals surface area (Å²) in [4.78, 5) is 0. The third-order valence-corrected chi connectivity index (χ3v) is 4.17. The highest BCUT2D eigenvalue weighted by molar-refractivity contribution is 5.60. The highest BCUT2D eigenvalue weighted by Crippen LogP contribution is 2.37. The molecule has 20 heavy (non-hydrogen) atoms. The van der Waals surface area contributed by atoms with Crippen LogP contribution in [0.1, 0.15) is 34.7 Å². The zero-order chi connectivity index (χ0) is 14.3. The van der Waals surface area contributed by atoms with Gasteiger partial charge in [0.25, 0.3) is 0 Å². The lowest BCUT2D eigenvalue weighted by molar-refractivity contribution is 0.467. The predicted molar refractivity (Wildman–Crippen MR) is 80.4 cm³/mol. The van der Waals surface area contributed by atoms with E-state index in [-0.39, 0.29) is 6.04 Å². The van der Waals surface area contributed by atoms with E-state index < -0.39 is 0 Å². The fraction of sp³-hybridized carbons (Fsp3) is 0.294. The Hall–Kier alpha value is -2.16. The molecule has 0 fully saturated rings. The van der Waals surface area contributed by atoms with Crippen LogP contribution >= 0.6 is 0 Å². The zero-order valence-corrected chi connectivity index (χ0v) is 11.8. The second-order valence-electron chi connectivity index (χ2n) is 5.52. The minimum atomic E-state index is 0.242. The average molecular weight is 269 g/mol. The summed E-state index contributed by atoms with van der Waals surface area (Å²) in [7, 11) is 0. The number of phenolic OH excluding ortho intramolecular Hbond substituents is 2. The van der Waals surface area contributed by atoms with Gasteiger partial charge in [0.15, 0.2) is 0 Å². The van der Waals surface area contributed by atoms with Gasteiger partial charge in [-0.2, -0.15) is 0 Å². The maximum Gasteiger partial charge on any atom is 0.123 e. The average Bonchev–Trinajstić information content (AvgIpc) is 2.82. The predicted octanol–water partition coefficient (Wildman–Crippen LogP) is 3.81. The van der Waals surface area contributed by atoms with Gasteiger partial charge in [-0.25, -0.2) is 0 Å². The van der Waals surface area contributed by atoms with Gasteiger partial charge in [-0.15, -0.1) is 0 Å². The highest BCUT2D eigenvalue weighted by Gasteiger charge is 2.23. The molecule has 0 saturated carbocycles. The van der Waals surface area contributed by atoms with E-state index in [1.807, 2.05) is 38.1 Å². The maximum absolute atomic E-state index is 10.0. The van der Waals surface area contributed by atoms with Gasteiger partial charge >= 0.3 is 0 Å². The summed E-state index contributed by atoms with van der Waals surface area (Å²) < 4.78 is 0. The second kappa shape index (κ2) is 4.75. The van der Waals surface area contributed by atoms with Crippen LogP contribution in [0.15, 0.2) is 30.3 Å². The molecule has 0 bridgehead atoms. The molecule has 0 aliphatic heterocycles. The number of rotatable bonds is 2. The van der Waals surface area contributed by atoms with Crippen molar-refractivity contribution in [2.24, 2.45) is 0 Å². The van der Waals surface area contributed by atoms with E-state index in [0.29, 0.717) is 11.5 Å². The molecule has 1 atom stereocenters. The van der Waals surface area contributed by atoms with E-state index in [1.54, 1.807) is 6.07 Å². The van der Waals surface area contributed by atoms with E-state index >= 15 is 0 Å². The summed E-state index contributed by atoms with van der Waals surface area (Å²) in [5.41, 5.74) is 5.19. The summed E-state index contributed by atoms with van der Waals surface area (Å²) in [5.74, 6) is 0.687. The van der Waals surface area contributed by atoms with Gasteiger partial charge < -0.3 is 15.5 Å². The van der Waals surface area contributed by atoms with Crippen LogP contribution in [-0.2, 0) is 6.42 Å². The third kappa shape index (κ3) is 2.09. The molecule has 0 aromatic heterocycles. The molecule has 3 N–H and O–H groups in total. The van der Waals surface area contributed by atoms with Crippen molar-refractivity contribution in [3.05, 3.63) is 52.6 Å². The Bertz CT molecular complexity index is 664. The lowest BCUT2D eigenvalue weighted by Gasteiger charge is -2.18. The van der Waals surface area contributed by atoms with Crippen molar-refractivity contribution >= 4 is 5.69 Å². The van der Waals surface area contributed by atoms with Crippen LogP contribution in [-0.4, -0.2) is 10.2 Å². The first-order valence-electron chi connectivity index (χ1n) is 6.94. The van der Waals surface area contributed by atoms with Gasteiger partial charge in [0, 0.05) is 11.3 Å². The van der Waals surface area contributed by atoms with Crippen LogP contribution in [0, 0.1) is 13.8 Å². The lowest BCUT2D eigenvalue weighted by Crippen LogP contribution is -2.08. The molecule has 104 valence electrons. The van der Waals surface area contributed by atoms with Gasteiger partial charge in [-0.05, 0) is 61.6 Å². The smallest absolute Gasteiger partial charge is 0.123 e. The molecule has 3 heteroatoms. The van der Waals surface area contributed by atoms with Crippen molar-refractivity contribution in [1.82, 2.24) is 0 Å². The Balaban J connectivity index is 1.90. The number of nitrogens with one attached hydrogen (secondary N) is 1. The Labute approximate surface area is 118 Å². The first kappa shape index (κ1) is 12.9. The maximum atomic E-state index is 10.0. The summed E-state index contributed by atoms with van der Waals surface area (Å²) >= 11 is 0. The van der Waals surface area contributed by atoms with E-state index in [2.05, 4.69) is 5.32 Å². The van der Waals surface area contributed by atoms with Gasteiger partial charge in [0.1, 0.15) is 11.5 Å². The molecular weight excluding hydrogens is 250 g/mol. The number of hydrogen-bond acceptors (Lipinski definition) is 3. The molecule has 1 aliphatic rings. The standard InChI is InChI=1S/C17H19NO2/c1-10-3-7-15(11(2)17(10)20)18-16-8-4-12-9-13(19)5-6-14(12)16/h3,5-7,9,16,18-20H,4,8H2,1-2H3. The van der Waals surface area contributed by atoms with E-state index in [0.717, 1.165) is 29.7 Å². The molecule has 0 amide bonds. The molecule has 1 unspecified atom stereocenters. The van der Waals surface area contributed by atoms with Crippen molar-refractivity contribution in [1.29, 1.82) is 0 Å². The third-order valence-electron chi connectivity index (χ3n) is 4.17. The minimum absolute atomic E-state index is 0.242. The van der Waals surface area contributed by atoms with Crippen LogP contribution < -0.4 is 5.32 Å². The topological polar surface area (TPSA) is 52.5 Å². The van der Waals surface area contributed by atoms with Crippen molar-refractivity contribution in [2.75, 3.05) is 5.32 Å². The summed E-state index contributed by atoms with van der Waals surface area (Å²) in [6, 6.07) is 9.75.